The Hall–Kier alpha value is -1.52. The number of aromatic hydroxyl groups is 1. The number of benzene rings is 1. The Morgan fingerprint density at radius 2 is 2.12 bits per heavy atom. The maximum atomic E-state index is 10.7. The molecule has 0 radical (unpaired) electrons. The molecule has 0 spiro atoms. The predicted molar refractivity (Wildman–Crippen MR) is 105 cm³/mol. The zero-order valence-electron chi connectivity index (χ0n) is 16.4. The molecule has 26 heavy (non-hydrogen) atoms. The summed E-state index contributed by atoms with van der Waals surface area (Å²) >= 11 is 0. The van der Waals surface area contributed by atoms with E-state index in [1.54, 1.807) is 6.07 Å². The van der Waals surface area contributed by atoms with E-state index in [1.165, 1.54) is 5.56 Å². The van der Waals surface area contributed by atoms with Crippen LogP contribution in [0.2, 0.25) is 0 Å². The van der Waals surface area contributed by atoms with Gasteiger partial charge in [-0.1, -0.05) is 32.9 Å². The van der Waals surface area contributed by atoms with E-state index in [2.05, 4.69) is 32.3 Å². The number of rotatable bonds is 5. The van der Waals surface area contributed by atoms with Crippen molar-refractivity contribution in [2.45, 2.75) is 71.1 Å². The molecular weight excluding hydrogens is 326 g/mol. The van der Waals surface area contributed by atoms with Crippen molar-refractivity contribution in [1.82, 2.24) is 4.90 Å². The standard InChI is InChI=1S/C22H33NO3/c1-5-11-23(12-6-2)20-13-15-7-8-18(25)21-16(15)14-19(26-21)17(24)9-10-22(20,3)4/h5,7-8,17,19-20,24-25H,1,6,9-14H2,2-4H3/t17-,19+,20?/m0/s1. The van der Waals surface area contributed by atoms with Crippen LogP contribution in [0.1, 0.15) is 51.2 Å². The maximum Gasteiger partial charge on any atom is 0.165 e. The Morgan fingerprint density at radius 3 is 2.81 bits per heavy atom. The molecule has 1 unspecified atom stereocenters. The van der Waals surface area contributed by atoms with Crippen LogP contribution >= 0.6 is 0 Å². The molecule has 4 heteroatoms. The summed E-state index contributed by atoms with van der Waals surface area (Å²) in [4.78, 5) is 2.52. The van der Waals surface area contributed by atoms with Crippen molar-refractivity contribution in [1.29, 1.82) is 0 Å². The number of fused-ring (bicyclic) bond motifs is 1. The highest BCUT2D eigenvalue weighted by atomic mass is 16.5. The van der Waals surface area contributed by atoms with Crippen LogP contribution in [0, 0.1) is 5.41 Å². The Balaban J connectivity index is 2.04. The lowest BCUT2D eigenvalue weighted by molar-refractivity contribution is 0.0201. The fourth-order valence-electron chi connectivity index (χ4n) is 4.62. The van der Waals surface area contributed by atoms with Gasteiger partial charge >= 0.3 is 0 Å². The Bertz CT molecular complexity index is 655. The Labute approximate surface area is 157 Å². The van der Waals surface area contributed by atoms with Gasteiger partial charge in [-0.2, -0.15) is 0 Å². The summed E-state index contributed by atoms with van der Waals surface area (Å²) in [5.41, 5.74) is 2.37. The SMILES string of the molecule is C=CCN(CCC)C1Cc2ccc(O)c3c2C[C@@H](O3)[C@@H](O)CCC1(C)C. The number of aliphatic hydroxyl groups excluding tert-OH is 1. The lowest BCUT2D eigenvalue weighted by Gasteiger charge is -2.43. The molecule has 0 fully saturated rings. The third kappa shape index (κ3) is 3.63. The van der Waals surface area contributed by atoms with Crippen molar-refractivity contribution in [3.63, 3.8) is 0 Å². The summed E-state index contributed by atoms with van der Waals surface area (Å²) in [5.74, 6) is 0.765. The lowest BCUT2D eigenvalue weighted by atomic mass is 9.74. The van der Waals surface area contributed by atoms with Crippen LogP contribution in [0.3, 0.4) is 0 Å². The molecular formula is C22H33NO3. The molecule has 0 saturated heterocycles. The molecule has 0 saturated carbocycles. The molecule has 3 atom stereocenters. The molecule has 3 rings (SSSR count). The molecule has 144 valence electrons. The highest BCUT2D eigenvalue weighted by Gasteiger charge is 2.40. The minimum absolute atomic E-state index is 0.0563. The zero-order chi connectivity index (χ0) is 18.9. The van der Waals surface area contributed by atoms with Gasteiger partial charge in [-0.15, -0.1) is 6.58 Å². The number of phenolic OH excluding ortho intramolecular Hbond substituents is 1. The molecule has 1 aliphatic carbocycles. The maximum absolute atomic E-state index is 10.7. The average Bonchev–Trinajstić information content (AvgIpc) is 3.05. The molecule has 4 nitrogen and oxygen atoms in total. The van der Waals surface area contributed by atoms with Gasteiger partial charge in [-0.25, -0.2) is 0 Å². The van der Waals surface area contributed by atoms with Gasteiger partial charge in [0.25, 0.3) is 0 Å². The van der Waals surface area contributed by atoms with Gasteiger partial charge in [-0.3, -0.25) is 4.90 Å². The van der Waals surface area contributed by atoms with Crippen LogP contribution in [-0.2, 0) is 12.8 Å². The molecule has 1 heterocycles. The smallest absolute Gasteiger partial charge is 0.165 e. The van der Waals surface area contributed by atoms with E-state index < -0.39 is 6.10 Å². The second-order valence-electron chi connectivity index (χ2n) is 8.51. The number of nitrogens with zero attached hydrogens (tertiary/aromatic N) is 1. The quantitative estimate of drug-likeness (QED) is 0.788. The van der Waals surface area contributed by atoms with Gasteiger partial charge in [0.1, 0.15) is 6.10 Å². The summed E-state index contributed by atoms with van der Waals surface area (Å²) in [6.07, 6.45) is 5.59. The molecule has 2 aliphatic rings. The number of aliphatic hydroxyl groups is 1. The van der Waals surface area contributed by atoms with E-state index >= 15 is 0 Å². The second-order valence-corrected chi connectivity index (χ2v) is 8.51. The molecule has 0 aromatic heterocycles. The zero-order valence-corrected chi connectivity index (χ0v) is 16.4. The lowest BCUT2D eigenvalue weighted by Crippen LogP contribution is -2.48. The first-order chi connectivity index (χ1) is 12.4. The number of hydrogen-bond donors (Lipinski definition) is 2. The molecule has 1 aliphatic heterocycles. The first-order valence-corrected chi connectivity index (χ1v) is 9.90. The minimum atomic E-state index is -0.508. The van der Waals surface area contributed by atoms with Crippen molar-refractivity contribution in [3.8, 4) is 11.5 Å². The van der Waals surface area contributed by atoms with E-state index in [4.69, 9.17) is 4.74 Å². The van der Waals surface area contributed by atoms with E-state index in [0.29, 0.717) is 24.6 Å². The first-order valence-electron chi connectivity index (χ1n) is 9.90. The van der Waals surface area contributed by atoms with Crippen molar-refractivity contribution in [2.75, 3.05) is 13.1 Å². The van der Waals surface area contributed by atoms with Crippen LogP contribution in [0.5, 0.6) is 11.5 Å². The van der Waals surface area contributed by atoms with Crippen LogP contribution in [0.25, 0.3) is 0 Å². The van der Waals surface area contributed by atoms with Crippen LogP contribution < -0.4 is 4.74 Å². The van der Waals surface area contributed by atoms with E-state index in [9.17, 15) is 10.2 Å². The van der Waals surface area contributed by atoms with Gasteiger partial charge < -0.3 is 14.9 Å². The summed E-state index contributed by atoms with van der Waals surface area (Å²) in [6.45, 7) is 12.7. The van der Waals surface area contributed by atoms with Crippen molar-refractivity contribution < 1.29 is 14.9 Å². The van der Waals surface area contributed by atoms with Crippen LogP contribution in [0.15, 0.2) is 24.8 Å². The fraction of sp³-hybridized carbons (Fsp3) is 0.636. The largest absolute Gasteiger partial charge is 0.504 e. The third-order valence-electron chi connectivity index (χ3n) is 6.16. The molecule has 0 amide bonds. The molecule has 2 bridgehead atoms. The topological polar surface area (TPSA) is 52.9 Å². The van der Waals surface area contributed by atoms with Gasteiger partial charge in [0.15, 0.2) is 11.5 Å². The fourth-order valence-corrected chi connectivity index (χ4v) is 4.62. The summed E-state index contributed by atoms with van der Waals surface area (Å²) in [5, 5.41) is 20.9. The van der Waals surface area contributed by atoms with E-state index in [1.807, 2.05) is 12.1 Å². The van der Waals surface area contributed by atoms with Crippen molar-refractivity contribution >= 4 is 0 Å². The molecule has 1 aromatic rings. The summed E-state index contributed by atoms with van der Waals surface area (Å²) < 4.78 is 5.95. The number of hydrogen-bond acceptors (Lipinski definition) is 4. The van der Waals surface area contributed by atoms with Crippen molar-refractivity contribution in [3.05, 3.63) is 35.9 Å². The summed E-state index contributed by atoms with van der Waals surface area (Å²) in [7, 11) is 0. The van der Waals surface area contributed by atoms with Crippen LogP contribution in [-0.4, -0.2) is 46.5 Å². The predicted octanol–water partition coefficient (Wildman–Crippen LogP) is 3.69. The highest BCUT2D eigenvalue weighted by Crippen LogP contribution is 2.44. The summed E-state index contributed by atoms with van der Waals surface area (Å²) in [6, 6.07) is 4.12. The van der Waals surface area contributed by atoms with Gasteiger partial charge in [0.2, 0.25) is 0 Å². The average molecular weight is 360 g/mol. The van der Waals surface area contributed by atoms with E-state index in [-0.39, 0.29) is 17.3 Å². The molecule has 1 aromatic carbocycles. The molecule has 2 N–H and O–H groups in total. The number of ether oxygens (including phenoxy) is 1. The third-order valence-corrected chi connectivity index (χ3v) is 6.16. The van der Waals surface area contributed by atoms with E-state index in [0.717, 1.165) is 37.9 Å². The van der Waals surface area contributed by atoms with Crippen molar-refractivity contribution in [2.24, 2.45) is 5.41 Å². The Morgan fingerprint density at radius 1 is 1.35 bits per heavy atom. The van der Waals surface area contributed by atoms with Gasteiger partial charge in [0.05, 0.1) is 6.10 Å². The first kappa shape index (κ1) is 19.2. The number of phenols is 1. The minimum Gasteiger partial charge on any atom is -0.504 e. The Kier molecular flexibility index (Phi) is 5.64. The monoisotopic (exact) mass is 359 g/mol. The highest BCUT2D eigenvalue weighted by molar-refractivity contribution is 5.53. The normalized spacial score (nSPS) is 27.2. The van der Waals surface area contributed by atoms with Gasteiger partial charge in [0, 0.05) is 24.6 Å². The second kappa shape index (κ2) is 7.61. The van der Waals surface area contributed by atoms with Crippen LogP contribution in [0.4, 0.5) is 0 Å². The van der Waals surface area contributed by atoms with Gasteiger partial charge in [-0.05, 0) is 49.3 Å².